The van der Waals surface area contributed by atoms with Crippen molar-refractivity contribution in [2.24, 2.45) is 0 Å². The minimum absolute atomic E-state index is 0.201. The fourth-order valence-electron chi connectivity index (χ4n) is 2.22. The minimum Gasteiger partial charge on any atom is -0.369 e. The van der Waals surface area contributed by atoms with Crippen LogP contribution in [0.3, 0.4) is 0 Å². The van der Waals surface area contributed by atoms with Gasteiger partial charge in [-0.05, 0) is 65.3 Å². The molecule has 0 amide bonds. The molecule has 0 aliphatic heterocycles. The summed E-state index contributed by atoms with van der Waals surface area (Å²) >= 11 is 3.64. The summed E-state index contributed by atoms with van der Waals surface area (Å²) in [4.78, 5) is 2.14. The van der Waals surface area contributed by atoms with Crippen molar-refractivity contribution in [3.63, 3.8) is 0 Å². The maximum atomic E-state index is 12.9. The van der Waals surface area contributed by atoms with Gasteiger partial charge in [0.1, 0.15) is 5.82 Å². The van der Waals surface area contributed by atoms with Crippen LogP contribution < -0.4 is 10.2 Å². The second kappa shape index (κ2) is 7.05. The van der Waals surface area contributed by atoms with E-state index in [2.05, 4.69) is 51.3 Å². The van der Waals surface area contributed by atoms with E-state index < -0.39 is 0 Å². The molecular formula is C17H20BrFN2. The van der Waals surface area contributed by atoms with Crippen molar-refractivity contribution in [3.8, 4) is 0 Å². The SMILES string of the molecule is CNC(C)c1ccc(N(C)Cc2ccc(F)cc2)c(Br)c1. The highest BCUT2D eigenvalue weighted by molar-refractivity contribution is 9.10. The summed E-state index contributed by atoms with van der Waals surface area (Å²) in [5.41, 5.74) is 3.44. The van der Waals surface area contributed by atoms with Gasteiger partial charge in [0.05, 0.1) is 5.69 Å². The van der Waals surface area contributed by atoms with Crippen molar-refractivity contribution < 1.29 is 4.39 Å². The summed E-state index contributed by atoms with van der Waals surface area (Å²) in [6.07, 6.45) is 0. The summed E-state index contributed by atoms with van der Waals surface area (Å²) in [7, 11) is 3.98. The number of halogens is 2. The fourth-order valence-corrected chi connectivity index (χ4v) is 2.92. The van der Waals surface area contributed by atoms with E-state index in [4.69, 9.17) is 0 Å². The van der Waals surface area contributed by atoms with E-state index in [0.29, 0.717) is 6.04 Å². The highest BCUT2D eigenvalue weighted by Crippen LogP contribution is 2.29. The molecule has 4 heteroatoms. The second-order valence-electron chi connectivity index (χ2n) is 5.20. The minimum atomic E-state index is -0.201. The van der Waals surface area contributed by atoms with Crippen molar-refractivity contribution >= 4 is 21.6 Å². The van der Waals surface area contributed by atoms with E-state index in [1.54, 1.807) is 0 Å². The molecule has 0 radical (unpaired) electrons. The summed E-state index contributed by atoms with van der Waals surface area (Å²) in [6, 6.07) is 13.3. The smallest absolute Gasteiger partial charge is 0.123 e. The Kier molecular flexibility index (Phi) is 5.37. The average molecular weight is 351 g/mol. The average Bonchev–Trinajstić information content (AvgIpc) is 2.48. The van der Waals surface area contributed by atoms with Crippen molar-refractivity contribution in [1.82, 2.24) is 5.32 Å². The maximum Gasteiger partial charge on any atom is 0.123 e. The molecule has 1 atom stereocenters. The summed E-state index contributed by atoms with van der Waals surface area (Å²) < 4.78 is 14.0. The van der Waals surface area contributed by atoms with E-state index in [1.165, 1.54) is 17.7 Å². The Labute approximate surface area is 134 Å². The molecule has 0 saturated carbocycles. The van der Waals surface area contributed by atoms with Crippen LogP contribution in [0.5, 0.6) is 0 Å². The van der Waals surface area contributed by atoms with E-state index in [1.807, 2.05) is 26.2 Å². The molecule has 2 rings (SSSR count). The van der Waals surface area contributed by atoms with Crippen molar-refractivity contribution in [2.45, 2.75) is 19.5 Å². The Morgan fingerprint density at radius 3 is 2.43 bits per heavy atom. The van der Waals surface area contributed by atoms with Gasteiger partial charge in [-0.2, -0.15) is 0 Å². The van der Waals surface area contributed by atoms with Crippen molar-refractivity contribution in [1.29, 1.82) is 0 Å². The van der Waals surface area contributed by atoms with Gasteiger partial charge in [0.15, 0.2) is 0 Å². The zero-order valence-corrected chi connectivity index (χ0v) is 14.1. The molecule has 1 unspecified atom stereocenters. The van der Waals surface area contributed by atoms with E-state index >= 15 is 0 Å². The number of benzene rings is 2. The molecule has 0 bridgehead atoms. The predicted molar refractivity (Wildman–Crippen MR) is 90.1 cm³/mol. The molecule has 0 saturated heterocycles. The number of anilines is 1. The van der Waals surface area contributed by atoms with Gasteiger partial charge < -0.3 is 10.2 Å². The molecular weight excluding hydrogens is 331 g/mol. The first kappa shape index (κ1) is 16.0. The van der Waals surface area contributed by atoms with E-state index in [0.717, 1.165) is 22.3 Å². The van der Waals surface area contributed by atoms with Crippen molar-refractivity contribution in [3.05, 3.63) is 63.9 Å². The van der Waals surface area contributed by atoms with Crippen LogP contribution in [0.25, 0.3) is 0 Å². The van der Waals surface area contributed by atoms with Gasteiger partial charge in [0, 0.05) is 24.1 Å². The molecule has 2 aromatic carbocycles. The highest BCUT2D eigenvalue weighted by Gasteiger charge is 2.10. The Balaban J connectivity index is 2.15. The first-order chi connectivity index (χ1) is 10.0. The summed E-state index contributed by atoms with van der Waals surface area (Å²) in [5, 5.41) is 3.23. The first-order valence-corrected chi connectivity index (χ1v) is 7.73. The molecule has 0 fully saturated rings. The lowest BCUT2D eigenvalue weighted by molar-refractivity contribution is 0.627. The van der Waals surface area contributed by atoms with Crippen LogP contribution in [0.1, 0.15) is 24.1 Å². The van der Waals surface area contributed by atoms with Crippen LogP contribution in [-0.4, -0.2) is 14.1 Å². The van der Waals surface area contributed by atoms with Crippen molar-refractivity contribution in [2.75, 3.05) is 19.0 Å². The third-order valence-electron chi connectivity index (χ3n) is 3.65. The molecule has 112 valence electrons. The Hall–Kier alpha value is -1.39. The second-order valence-corrected chi connectivity index (χ2v) is 6.06. The predicted octanol–water partition coefficient (Wildman–Crippen LogP) is 4.51. The fraction of sp³-hybridized carbons (Fsp3) is 0.294. The van der Waals surface area contributed by atoms with Crippen LogP contribution in [0.4, 0.5) is 10.1 Å². The normalized spacial score (nSPS) is 12.2. The van der Waals surface area contributed by atoms with Gasteiger partial charge >= 0.3 is 0 Å². The summed E-state index contributed by atoms with van der Waals surface area (Å²) in [6.45, 7) is 2.86. The number of rotatable bonds is 5. The molecule has 2 nitrogen and oxygen atoms in total. The number of hydrogen-bond acceptors (Lipinski definition) is 2. The number of nitrogens with one attached hydrogen (secondary N) is 1. The van der Waals surface area contributed by atoms with Gasteiger partial charge in [-0.15, -0.1) is 0 Å². The van der Waals surface area contributed by atoms with Gasteiger partial charge in [-0.1, -0.05) is 18.2 Å². The number of nitrogens with zero attached hydrogens (tertiary/aromatic N) is 1. The van der Waals surface area contributed by atoms with Crippen LogP contribution >= 0.6 is 15.9 Å². The molecule has 2 aromatic rings. The third kappa shape index (κ3) is 4.05. The molecule has 0 spiro atoms. The zero-order valence-electron chi connectivity index (χ0n) is 12.5. The molecule has 0 aromatic heterocycles. The van der Waals surface area contributed by atoms with E-state index in [9.17, 15) is 4.39 Å². The van der Waals surface area contributed by atoms with Gasteiger partial charge in [0.2, 0.25) is 0 Å². The van der Waals surface area contributed by atoms with Crippen LogP contribution in [-0.2, 0) is 6.54 Å². The largest absolute Gasteiger partial charge is 0.369 e. The zero-order chi connectivity index (χ0) is 15.4. The maximum absolute atomic E-state index is 12.9. The van der Waals surface area contributed by atoms with Crippen LogP contribution in [0, 0.1) is 5.82 Å². The molecule has 0 aliphatic carbocycles. The van der Waals surface area contributed by atoms with Gasteiger partial charge in [-0.25, -0.2) is 4.39 Å². The van der Waals surface area contributed by atoms with Crippen LogP contribution in [0.2, 0.25) is 0 Å². The summed E-state index contributed by atoms with van der Waals surface area (Å²) in [5.74, 6) is -0.201. The Morgan fingerprint density at radius 2 is 1.86 bits per heavy atom. The lowest BCUT2D eigenvalue weighted by Crippen LogP contribution is -2.17. The molecule has 0 aliphatic rings. The molecule has 1 N–H and O–H groups in total. The Morgan fingerprint density at radius 1 is 1.19 bits per heavy atom. The molecule has 0 heterocycles. The monoisotopic (exact) mass is 350 g/mol. The Bertz CT molecular complexity index is 598. The lowest BCUT2D eigenvalue weighted by atomic mass is 10.1. The van der Waals surface area contributed by atoms with Gasteiger partial charge in [0.25, 0.3) is 0 Å². The quantitative estimate of drug-likeness (QED) is 0.853. The van der Waals surface area contributed by atoms with Gasteiger partial charge in [-0.3, -0.25) is 0 Å². The number of hydrogen-bond donors (Lipinski definition) is 1. The topological polar surface area (TPSA) is 15.3 Å². The highest BCUT2D eigenvalue weighted by atomic mass is 79.9. The van der Waals surface area contributed by atoms with E-state index in [-0.39, 0.29) is 5.82 Å². The first-order valence-electron chi connectivity index (χ1n) is 6.93. The molecule has 21 heavy (non-hydrogen) atoms. The standard InChI is InChI=1S/C17H20BrFN2/c1-12(20-2)14-6-9-17(16(18)10-14)21(3)11-13-4-7-15(19)8-5-13/h4-10,12,20H,11H2,1-3H3. The third-order valence-corrected chi connectivity index (χ3v) is 4.28. The van der Waals surface area contributed by atoms with Crippen LogP contribution in [0.15, 0.2) is 46.9 Å². The lowest BCUT2D eigenvalue weighted by Gasteiger charge is -2.22.